The molecule has 14 heavy (non-hydrogen) atoms. The highest BCUT2D eigenvalue weighted by Crippen LogP contribution is 2.44. The lowest BCUT2D eigenvalue weighted by atomic mass is 9.57. The van der Waals surface area contributed by atoms with Crippen LogP contribution in [0.5, 0.6) is 0 Å². The molecule has 0 heterocycles. The lowest BCUT2D eigenvalue weighted by Gasteiger charge is -2.41. The van der Waals surface area contributed by atoms with Crippen molar-refractivity contribution in [3.63, 3.8) is 0 Å². The van der Waals surface area contributed by atoms with Crippen LogP contribution >= 0.6 is 0 Å². The van der Waals surface area contributed by atoms with Crippen LogP contribution in [0.3, 0.4) is 0 Å². The van der Waals surface area contributed by atoms with E-state index in [1.165, 1.54) is 0 Å². The summed E-state index contributed by atoms with van der Waals surface area (Å²) in [6.45, 7) is 0. The van der Waals surface area contributed by atoms with Crippen molar-refractivity contribution in [2.75, 3.05) is 0 Å². The van der Waals surface area contributed by atoms with Gasteiger partial charge in [-0.05, 0) is 0 Å². The standard InChI is InChI=1S/C8H8O6/c9-1-3-5(7(11)12)4(2-10)6(3)8(13)14/h1-6H,(H,11,12)(H,13,14). The van der Waals surface area contributed by atoms with Crippen molar-refractivity contribution >= 4 is 24.5 Å². The van der Waals surface area contributed by atoms with Crippen LogP contribution in [0.25, 0.3) is 0 Å². The molecular formula is C8H8O6. The van der Waals surface area contributed by atoms with E-state index in [0.717, 1.165) is 0 Å². The molecule has 0 bridgehead atoms. The first-order valence-electron chi connectivity index (χ1n) is 3.90. The molecule has 1 rings (SSSR count). The van der Waals surface area contributed by atoms with Crippen LogP contribution in [-0.2, 0) is 19.2 Å². The molecule has 0 unspecified atom stereocenters. The molecule has 2 N–H and O–H groups in total. The van der Waals surface area contributed by atoms with E-state index < -0.39 is 35.6 Å². The summed E-state index contributed by atoms with van der Waals surface area (Å²) < 4.78 is 0. The molecule has 0 amide bonds. The predicted octanol–water partition coefficient (Wildman–Crippen LogP) is -0.968. The molecule has 76 valence electrons. The molecule has 1 fully saturated rings. The van der Waals surface area contributed by atoms with Gasteiger partial charge in [0.2, 0.25) is 0 Å². The molecule has 6 nitrogen and oxygen atoms in total. The minimum atomic E-state index is -1.31. The number of carbonyl (C=O) groups excluding carboxylic acids is 2. The van der Waals surface area contributed by atoms with Crippen molar-refractivity contribution < 1.29 is 29.4 Å². The Balaban J connectivity index is 2.91. The first kappa shape index (κ1) is 10.4. The van der Waals surface area contributed by atoms with Crippen LogP contribution < -0.4 is 0 Å². The summed E-state index contributed by atoms with van der Waals surface area (Å²) in [6, 6.07) is 0. The summed E-state index contributed by atoms with van der Waals surface area (Å²) in [4.78, 5) is 42.0. The van der Waals surface area contributed by atoms with E-state index in [1.807, 2.05) is 0 Å². The molecule has 0 spiro atoms. The minimum absolute atomic E-state index is 0.289. The van der Waals surface area contributed by atoms with Gasteiger partial charge in [0.05, 0.1) is 11.8 Å². The monoisotopic (exact) mass is 200 g/mol. The van der Waals surface area contributed by atoms with Gasteiger partial charge in [0, 0.05) is 11.8 Å². The second-order valence-corrected chi connectivity index (χ2v) is 3.15. The van der Waals surface area contributed by atoms with Crippen molar-refractivity contribution in [2.24, 2.45) is 23.7 Å². The summed E-state index contributed by atoms with van der Waals surface area (Å²) in [6.07, 6.45) is 0.579. The van der Waals surface area contributed by atoms with Gasteiger partial charge < -0.3 is 19.8 Å². The second kappa shape index (κ2) is 3.57. The maximum absolute atomic E-state index is 10.6. The van der Waals surface area contributed by atoms with Gasteiger partial charge in [-0.15, -0.1) is 0 Å². The van der Waals surface area contributed by atoms with Gasteiger partial charge >= 0.3 is 11.9 Å². The number of aldehydes is 2. The van der Waals surface area contributed by atoms with E-state index in [-0.39, 0.29) is 12.6 Å². The number of carbonyl (C=O) groups is 4. The molecule has 1 aliphatic rings. The summed E-state index contributed by atoms with van der Waals surface area (Å²) in [5.74, 6) is -7.19. The van der Waals surface area contributed by atoms with E-state index in [9.17, 15) is 19.2 Å². The van der Waals surface area contributed by atoms with Crippen LogP contribution in [0.15, 0.2) is 0 Å². The Hall–Kier alpha value is -1.72. The van der Waals surface area contributed by atoms with Crippen LogP contribution in [0.1, 0.15) is 0 Å². The zero-order valence-corrected chi connectivity index (χ0v) is 6.99. The maximum Gasteiger partial charge on any atom is 0.307 e. The fraction of sp³-hybridized carbons (Fsp3) is 0.500. The van der Waals surface area contributed by atoms with Crippen molar-refractivity contribution in [3.05, 3.63) is 0 Å². The zero-order valence-electron chi connectivity index (χ0n) is 6.99. The molecule has 0 aromatic heterocycles. The van der Waals surface area contributed by atoms with Crippen LogP contribution in [0.2, 0.25) is 0 Å². The minimum Gasteiger partial charge on any atom is -0.481 e. The van der Waals surface area contributed by atoms with Gasteiger partial charge in [-0.25, -0.2) is 0 Å². The Kier molecular flexibility index (Phi) is 2.64. The van der Waals surface area contributed by atoms with Gasteiger partial charge in [0.25, 0.3) is 0 Å². The molecule has 0 aromatic rings. The Morgan fingerprint density at radius 1 is 0.857 bits per heavy atom. The van der Waals surface area contributed by atoms with Gasteiger partial charge in [0.1, 0.15) is 12.6 Å². The highest BCUT2D eigenvalue weighted by molar-refractivity contribution is 5.90. The molecule has 1 saturated carbocycles. The third kappa shape index (κ3) is 1.28. The Labute approximate surface area is 78.5 Å². The van der Waals surface area contributed by atoms with E-state index in [1.54, 1.807) is 0 Å². The predicted molar refractivity (Wildman–Crippen MR) is 41.4 cm³/mol. The van der Waals surface area contributed by atoms with Gasteiger partial charge in [0.15, 0.2) is 0 Å². The molecule has 0 aromatic carbocycles. The molecule has 0 radical (unpaired) electrons. The first-order valence-corrected chi connectivity index (χ1v) is 3.90. The lowest BCUT2D eigenvalue weighted by molar-refractivity contribution is -0.174. The first-order chi connectivity index (χ1) is 6.54. The number of hydrogen-bond donors (Lipinski definition) is 2. The summed E-state index contributed by atoms with van der Waals surface area (Å²) >= 11 is 0. The highest BCUT2D eigenvalue weighted by atomic mass is 16.4. The van der Waals surface area contributed by atoms with Crippen LogP contribution in [0.4, 0.5) is 0 Å². The number of carboxylic acids is 2. The number of rotatable bonds is 4. The SMILES string of the molecule is O=CC1C(C(=O)O)C(C=O)C1C(=O)O. The number of carboxylic acid groups (broad SMARTS) is 2. The smallest absolute Gasteiger partial charge is 0.307 e. The normalized spacial score (nSPS) is 35.4. The van der Waals surface area contributed by atoms with E-state index in [4.69, 9.17) is 10.2 Å². The Morgan fingerprint density at radius 2 is 1.14 bits per heavy atom. The Bertz CT molecular complexity index is 258. The topological polar surface area (TPSA) is 109 Å². The average molecular weight is 200 g/mol. The zero-order chi connectivity index (χ0) is 10.9. The maximum atomic E-state index is 10.6. The molecule has 0 atom stereocenters. The molecule has 6 heteroatoms. The van der Waals surface area contributed by atoms with Gasteiger partial charge in [-0.2, -0.15) is 0 Å². The lowest BCUT2D eigenvalue weighted by Crippen LogP contribution is -2.55. The molecule has 1 aliphatic carbocycles. The fourth-order valence-electron chi connectivity index (χ4n) is 1.81. The molecular weight excluding hydrogens is 192 g/mol. The third-order valence-corrected chi connectivity index (χ3v) is 2.54. The van der Waals surface area contributed by atoms with Crippen LogP contribution in [0, 0.1) is 23.7 Å². The quantitative estimate of drug-likeness (QED) is 0.565. The molecule has 0 saturated heterocycles. The average Bonchev–Trinajstić information content (AvgIpc) is 2.02. The second-order valence-electron chi connectivity index (χ2n) is 3.15. The van der Waals surface area contributed by atoms with Crippen molar-refractivity contribution in [3.8, 4) is 0 Å². The van der Waals surface area contributed by atoms with Crippen molar-refractivity contribution in [1.29, 1.82) is 0 Å². The highest BCUT2D eigenvalue weighted by Gasteiger charge is 2.57. The van der Waals surface area contributed by atoms with Crippen molar-refractivity contribution in [1.82, 2.24) is 0 Å². The van der Waals surface area contributed by atoms with E-state index >= 15 is 0 Å². The summed E-state index contributed by atoms with van der Waals surface area (Å²) in [5, 5.41) is 17.3. The third-order valence-electron chi connectivity index (χ3n) is 2.54. The van der Waals surface area contributed by atoms with E-state index in [2.05, 4.69) is 0 Å². The van der Waals surface area contributed by atoms with Gasteiger partial charge in [-0.3, -0.25) is 9.59 Å². The number of hydrogen-bond acceptors (Lipinski definition) is 4. The molecule has 0 aliphatic heterocycles. The van der Waals surface area contributed by atoms with E-state index in [0.29, 0.717) is 0 Å². The number of aliphatic carboxylic acids is 2. The summed E-state index contributed by atoms with van der Waals surface area (Å²) in [7, 11) is 0. The summed E-state index contributed by atoms with van der Waals surface area (Å²) in [5.41, 5.74) is 0. The Morgan fingerprint density at radius 3 is 1.29 bits per heavy atom. The van der Waals surface area contributed by atoms with Crippen molar-refractivity contribution in [2.45, 2.75) is 0 Å². The van der Waals surface area contributed by atoms with Gasteiger partial charge in [-0.1, -0.05) is 0 Å². The largest absolute Gasteiger partial charge is 0.481 e. The van der Waals surface area contributed by atoms with Crippen LogP contribution in [-0.4, -0.2) is 34.7 Å². The fourth-order valence-corrected chi connectivity index (χ4v) is 1.81.